The Morgan fingerprint density at radius 2 is 1.77 bits per heavy atom. The predicted molar refractivity (Wildman–Crippen MR) is 93.4 cm³/mol. The van der Waals surface area contributed by atoms with Crippen LogP contribution in [-0.2, 0) is 14.8 Å². The van der Waals surface area contributed by atoms with Gasteiger partial charge in [0.15, 0.2) is 0 Å². The molecule has 1 N–H and O–H groups in total. The summed E-state index contributed by atoms with van der Waals surface area (Å²) in [5, 5.41) is 0. The van der Waals surface area contributed by atoms with Gasteiger partial charge in [-0.05, 0) is 44.0 Å². The van der Waals surface area contributed by atoms with E-state index in [2.05, 4.69) is 4.72 Å². The zero-order chi connectivity index (χ0) is 19.1. The van der Waals surface area contributed by atoms with E-state index in [1.165, 1.54) is 12.1 Å². The van der Waals surface area contributed by atoms with Crippen molar-refractivity contribution in [1.29, 1.82) is 0 Å². The summed E-state index contributed by atoms with van der Waals surface area (Å²) in [6.07, 6.45) is 0.122. The van der Waals surface area contributed by atoms with E-state index < -0.39 is 39.3 Å². The number of nitrogens with zero attached hydrogens (tertiary/aromatic N) is 1. The number of hydrogen-bond acceptors (Lipinski definition) is 3. The third-order valence-corrected chi connectivity index (χ3v) is 5.96. The number of aryl methyl sites for hydroxylation is 2. The predicted octanol–water partition coefficient (Wildman–Crippen LogP) is 2.67. The van der Waals surface area contributed by atoms with Crippen molar-refractivity contribution in [3.8, 4) is 0 Å². The fourth-order valence-corrected chi connectivity index (χ4v) is 4.56. The lowest BCUT2D eigenvalue weighted by molar-refractivity contribution is -0.118. The standard InChI is InChI=1S/C18H18F2N2O3S/c1-11-6-7-16(12(2)10-11)26(24,25)21-15-8-9-22(18(15)23)17-13(19)4-3-5-14(17)20/h3-7,10,15,21H,8-9H2,1-2H3. The van der Waals surface area contributed by atoms with Crippen molar-refractivity contribution >= 4 is 21.6 Å². The molecule has 26 heavy (non-hydrogen) atoms. The highest BCUT2D eigenvalue weighted by molar-refractivity contribution is 7.89. The van der Waals surface area contributed by atoms with Crippen LogP contribution in [0.25, 0.3) is 0 Å². The fourth-order valence-electron chi connectivity index (χ4n) is 3.11. The molecule has 0 bridgehead atoms. The number of rotatable bonds is 4. The molecule has 138 valence electrons. The van der Waals surface area contributed by atoms with Crippen LogP contribution in [0.1, 0.15) is 17.5 Å². The second-order valence-electron chi connectivity index (χ2n) is 6.29. The van der Waals surface area contributed by atoms with Crippen LogP contribution in [0, 0.1) is 25.5 Å². The van der Waals surface area contributed by atoms with E-state index in [0.29, 0.717) is 5.56 Å². The highest BCUT2D eigenvalue weighted by Gasteiger charge is 2.38. The monoisotopic (exact) mass is 380 g/mol. The van der Waals surface area contributed by atoms with Crippen LogP contribution < -0.4 is 9.62 Å². The summed E-state index contributed by atoms with van der Waals surface area (Å²) < 4.78 is 55.4. The van der Waals surface area contributed by atoms with Crippen molar-refractivity contribution in [2.24, 2.45) is 0 Å². The van der Waals surface area contributed by atoms with E-state index in [1.54, 1.807) is 19.1 Å². The number of anilines is 1. The molecule has 0 saturated carbocycles. The number of hydrogen-bond donors (Lipinski definition) is 1. The maximum Gasteiger partial charge on any atom is 0.245 e. The van der Waals surface area contributed by atoms with E-state index in [1.807, 2.05) is 6.92 Å². The minimum absolute atomic E-state index is 0.0246. The lowest BCUT2D eigenvalue weighted by Gasteiger charge is -2.19. The van der Waals surface area contributed by atoms with E-state index >= 15 is 0 Å². The SMILES string of the molecule is Cc1ccc(S(=O)(=O)NC2CCN(c3c(F)cccc3F)C2=O)c(C)c1. The number of carbonyl (C=O) groups is 1. The Bertz CT molecular complexity index is 956. The molecular formula is C18H18F2N2O3S. The Kier molecular flexibility index (Phi) is 4.81. The summed E-state index contributed by atoms with van der Waals surface area (Å²) in [5.41, 5.74) is 1.02. The van der Waals surface area contributed by atoms with Crippen molar-refractivity contribution in [2.45, 2.75) is 31.2 Å². The van der Waals surface area contributed by atoms with Gasteiger partial charge in [-0.15, -0.1) is 0 Å². The molecule has 2 aromatic rings. The van der Waals surface area contributed by atoms with Crippen molar-refractivity contribution in [1.82, 2.24) is 4.72 Å². The van der Waals surface area contributed by atoms with Crippen molar-refractivity contribution in [2.75, 3.05) is 11.4 Å². The topological polar surface area (TPSA) is 66.5 Å². The molecule has 2 aromatic carbocycles. The maximum atomic E-state index is 13.9. The van der Waals surface area contributed by atoms with Gasteiger partial charge < -0.3 is 4.90 Å². The van der Waals surface area contributed by atoms with E-state index in [-0.39, 0.29) is 17.9 Å². The van der Waals surface area contributed by atoms with Crippen LogP contribution in [0.5, 0.6) is 0 Å². The first-order valence-electron chi connectivity index (χ1n) is 8.05. The van der Waals surface area contributed by atoms with Crippen molar-refractivity contribution in [3.63, 3.8) is 0 Å². The van der Waals surface area contributed by atoms with Crippen molar-refractivity contribution in [3.05, 3.63) is 59.2 Å². The number of amides is 1. The second kappa shape index (κ2) is 6.77. The van der Waals surface area contributed by atoms with Gasteiger partial charge in [0.05, 0.1) is 4.90 Å². The Morgan fingerprint density at radius 3 is 2.38 bits per heavy atom. The van der Waals surface area contributed by atoms with Gasteiger partial charge >= 0.3 is 0 Å². The number of halogens is 2. The molecule has 3 rings (SSSR count). The lowest BCUT2D eigenvalue weighted by Crippen LogP contribution is -2.42. The van der Waals surface area contributed by atoms with Crippen LogP contribution in [0.15, 0.2) is 41.3 Å². The molecule has 0 radical (unpaired) electrons. The molecular weight excluding hydrogens is 362 g/mol. The van der Waals surface area contributed by atoms with Gasteiger partial charge in [0.25, 0.3) is 0 Å². The fraction of sp³-hybridized carbons (Fsp3) is 0.278. The first-order valence-corrected chi connectivity index (χ1v) is 9.54. The van der Waals surface area contributed by atoms with Gasteiger partial charge in [-0.2, -0.15) is 4.72 Å². The summed E-state index contributed by atoms with van der Waals surface area (Å²) in [6.45, 7) is 3.54. The van der Waals surface area contributed by atoms with Crippen LogP contribution in [-0.4, -0.2) is 26.9 Å². The highest BCUT2D eigenvalue weighted by Crippen LogP contribution is 2.28. The van der Waals surface area contributed by atoms with Gasteiger partial charge in [0.2, 0.25) is 15.9 Å². The number of carbonyl (C=O) groups excluding carboxylic acids is 1. The van der Waals surface area contributed by atoms with Crippen LogP contribution in [0.4, 0.5) is 14.5 Å². The Labute approximate surface area is 150 Å². The van der Waals surface area contributed by atoms with Gasteiger partial charge in [0.1, 0.15) is 23.4 Å². The van der Waals surface area contributed by atoms with Gasteiger partial charge in [-0.3, -0.25) is 4.79 Å². The molecule has 1 fully saturated rings. The molecule has 1 heterocycles. The molecule has 0 aliphatic carbocycles. The molecule has 1 atom stereocenters. The van der Waals surface area contributed by atoms with Gasteiger partial charge in [0, 0.05) is 6.54 Å². The quantitative estimate of drug-likeness (QED) is 0.887. The van der Waals surface area contributed by atoms with Gasteiger partial charge in [-0.1, -0.05) is 23.8 Å². The molecule has 0 aromatic heterocycles. The minimum Gasteiger partial charge on any atom is -0.306 e. The molecule has 1 unspecified atom stereocenters. The molecule has 0 spiro atoms. The summed E-state index contributed by atoms with van der Waals surface area (Å²) in [6, 6.07) is 7.11. The molecule has 1 amide bonds. The van der Waals surface area contributed by atoms with Gasteiger partial charge in [-0.25, -0.2) is 17.2 Å². The largest absolute Gasteiger partial charge is 0.306 e. The van der Waals surface area contributed by atoms with E-state index in [9.17, 15) is 22.0 Å². The highest BCUT2D eigenvalue weighted by atomic mass is 32.2. The number of benzene rings is 2. The number of nitrogens with one attached hydrogen (secondary N) is 1. The average Bonchev–Trinajstić information content (AvgIpc) is 2.87. The first kappa shape index (κ1) is 18.5. The lowest BCUT2D eigenvalue weighted by atomic mass is 10.2. The zero-order valence-electron chi connectivity index (χ0n) is 14.3. The van der Waals surface area contributed by atoms with E-state index in [4.69, 9.17) is 0 Å². The normalized spacial score (nSPS) is 17.8. The van der Waals surface area contributed by atoms with Crippen LogP contribution in [0.3, 0.4) is 0 Å². The van der Waals surface area contributed by atoms with Crippen molar-refractivity contribution < 1.29 is 22.0 Å². The van der Waals surface area contributed by atoms with Crippen LogP contribution in [0.2, 0.25) is 0 Å². The van der Waals surface area contributed by atoms with E-state index in [0.717, 1.165) is 22.6 Å². The molecule has 5 nitrogen and oxygen atoms in total. The summed E-state index contributed by atoms with van der Waals surface area (Å²) in [7, 11) is -3.93. The Hall–Kier alpha value is -2.32. The number of para-hydroxylation sites is 1. The third kappa shape index (κ3) is 3.34. The summed E-state index contributed by atoms with van der Waals surface area (Å²) >= 11 is 0. The zero-order valence-corrected chi connectivity index (χ0v) is 15.1. The third-order valence-electron chi connectivity index (χ3n) is 4.33. The maximum absolute atomic E-state index is 13.9. The average molecular weight is 380 g/mol. The summed E-state index contributed by atoms with van der Waals surface area (Å²) in [5.74, 6) is -2.41. The van der Waals surface area contributed by atoms with Crippen LogP contribution >= 0.6 is 0 Å². The first-order chi connectivity index (χ1) is 12.2. The Morgan fingerprint density at radius 1 is 1.12 bits per heavy atom. The smallest absolute Gasteiger partial charge is 0.245 e. The Balaban J connectivity index is 1.85. The molecule has 8 heteroatoms. The second-order valence-corrected chi connectivity index (χ2v) is 7.97. The number of sulfonamides is 1. The minimum atomic E-state index is -3.93. The molecule has 1 aliphatic rings. The summed E-state index contributed by atoms with van der Waals surface area (Å²) in [4.78, 5) is 13.5. The molecule has 1 saturated heterocycles. The molecule has 1 aliphatic heterocycles.